The molecule has 1 atom stereocenters. The van der Waals surface area contributed by atoms with Crippen LogP contribution in [0.25, 0.3) is 0 Å². The molecule has 6 nitrogen and oxygen atoms in total. The van der Waals surface area contributed by atoms with Crippen molar-refractivity contribution in [3.05, 3.63) is 158 Å². The van der Waals surface area contributed by atoms with Gasteiger partial charge in [0.05, 0.1) is 6.42 Å². The molecule has 0 fully saturated rings. The van der Waals surface area contributed by atoms with Gasteiger partial charge in [-0.1, -0.05) is 230 Å². The molecule has 0 heterocycles. The topological polar surface area (TPSA) is 78.9 Å². The van der Waals surface area contributed by atoms with Crippen LogP contribution in [0.2, 0.25) is 0 Å². The van der Waals surface area contributed by atoms with Crippen molar-refractivity contribution >= 4 is 17.9 Å². The summed E-state index contributed by atoms with van der Waals surface area (Å²) >= 11 is 0. The van der Waals surface area contributed by atoms with Crippen molar-refractivity contribution < 1.29 is 28.6 Å². The molecule has 72 heavy (non-hydrogen) atoms. The summed E-state index contributed by atoms with van der Waals surface area (Å²) in [7, 11) is 0. The Labute approximate surface area is 441 Å². The Kier molecular flexibility index (Phi) is 54.6. The summed E-state index contributed by atoms with van der Waals surface area (Å²) < 4.78 is 16.7. The maximum absolute atomic E-state index is 12.9. The van der Waals surface area contributed by atoms with Crippen LogP contribution in [0.3, 0.4) is 0 Å². The predicted molar refractivity (Wildman–Crippen MR) is 311 cm³/mol. The molecule has 0 spiro atoms. The van der Waals surface area contributed by atoms with E-state index in [2.05, 4.69) is 167 Å². The highest BCUT2D eigenvalue weighted by molar-refractivity contribution is 5.72. The van der Waals surface area contributed by atoms with E-state index in [1.807, 2.05) is 6.08 Å². The minimum Gasteiger partial charge on any atom is -0.462 e. The fourth-order valence-corrected chi connectivity index (χ4v) is 7.08. The van der Waals surface area contributed by atoms with Crippen molar-refractivity contribution in [3.8, 4) is 0 Å². The second-order valence-electron chi connectivity index (χ2n) is 18.1. The molecule has 0 bridgehead atoms. The van der Waals surface area contributed by atoms with E-state index in [0.29, 0.717) is 6.42 Å². The predicted octanol–water partition coefficient (Wildman–Crippen LogP) is 19.4. The Morgan fingerprint density at radius 3 is 1.00 bits per heavy atom. The lowest BCUT2D eigenvalue weighted by Gasteiger charge is -2.18. The molecule has 0 aliphatic rings. The average Bonchev–Trinajstić information content (AvgIpc) is 3.38. The van der Waals surface area contributed by atoms with Crippen LogP contribution in [0, 0.1) is 0 Å². The van der Waals surface area contributed by atoms with E-state index >= 15 is 0 Å². The number of rotatable bonds is 49. The highest BCUT2D eigenvalue weighted by atomic mass is 16.6. The first-order chi connectivity index (χ1) is 35.5. The summed E-state index contributed by atoms with van der Waals surface area (Å²) in [6.45, 7) is 6.24. The van der Waals surface area contributed by atoms with Gasteiger partial charge < -0.3 is 14.2 Å². The van der Waals surface area contributed by atoms with E-state index in [1.165, 1.54) is 51.4 Å². The lowest BCUT2D eigenvalue weighted by molar-refractivity contribution is -0.166. The van der Waals surface area contributed by atoms with Crippen LogP contribution in [0.5, 0.6) is 0 Å². The van der Waals surface area contributed by atoms with E-state index in [-0.39, 0.29) is 44.4 Å². The molecular weight excluding hydrogens is 889 g/mol. The van der Waals surface area contributed by atoms with Crippen molar-refractivity contribution in [1.29, 1.82) is 0 Å². The van der Waals surface area contributed by atoms with Crippen molar-refractivity contribution in [1.82, 2.24) is 0 Å². The van der Waals surface area contributed by atoms with Gasteiger partial charge in [-0.25, -0.2) is 0 Å². The van der Waals surface area contributed by atoms with Crippen LogP contribution < -0.4 is 0 Å². The SMILES string of the molecule is CC/C=C\C/C=C\C/C=C\C/C=C\C/C=C\C/C=C\CCCCC(=O)OCC(COC(=O)C/C=C\C/C=C\C/C=C\C/C=C\C/C=C\CC)OC(=O)CCCCCCCCC/C=C\C/C=C\CCCCCC. The third-order valence-electron chi connectivity index (χ3n) is 11.3. The molecule has 0 saturated heterocycles. The largest absolute Gasteiger partial charge is 0.462 e. The minimum atomic E-state index is -0.849. The van der Waals surface area contributed by atoms with Crippen LogP contribution in [-0.4, -0.2) is 37.2 Å². The van der Waals surface area contributed by atoms with Gasteiger partial charge in [-0.15, -0.1) is 0 Å². The van der Waals surface area contributed by atoms with Gasteiger partial charge in [0.15, 0.2) is 6.10 Å². The molecule has 1 unspecified atom stereocenters. The first kappa shape index (κ1) is 67.0. The fourth-order valence-electron chi connectivity index (χ4n) is 7.08. The maximum atomic E-state index is 12.9. The Bertz CT molecular complexity index is 1660. The minimum absolute atomic E-state index is 0.109. The Balaban J connectivity index is 4.61. The molecule has 0 radical (unpaired) electrons. The van der Waals surface area contributed by atoms with Crippen LogP contribution in [-0.2, 0) is 28.6 Å². The van der Waals surface area contributed by atoms with E-state index in [4.69, 9.17) is 14.2 Å². The molecular formula is C66H102O6. The van der Waals surface area contributed by atoms with Crippen LogP contribution in [0.4, 0.5) is 0 Å². The molecule has 6 heteroatoms. The molecule has 0 saturated carbocycles. The smallest absolute Gasteiger partial charge is 0.309 e. The summed E-state index contributed by atoms with van der Waals surface area (Å²) in [6, 6.07) is 0. The van der Waals surface area contributed by atoms with Crippen molar-refractivity contribution in [2.75, 3.05) is 13.2 Å². The molecule has 0 aromatic heterocycles. The van der Waals surface area contributed by atoms with Gasteiger partial charge in [0.2, 0.25) is 0 Å². The van der Waals surface area contributed by atoms with Crippen molar-refractivity contribution in [2.45, 2.75) is 226 Å². The number of hydrogen-bond acceptors (Lipinski definition) is 6. The zero-order valence-electron chi connectivity index (χ0n) is 45.9. The molecule has 0 rings (SSSR count). The van der Waals surface area contributed by atoms with E-state index in [0.717, 1.165) is 122 Å². The number of hydrogen-bond donors (Lipinski definition) is 0. The number of ether oxygens (including phenoxy) is 3. The van der Waals surface area contributed by atoms with Gasteiger partial charge >= 0.3 is 17.9 Å². The van der Waals surface area contributed by atoms with Crippen LogP contribution in [0.1, 0.15) is 220 Å². The van der Waals surface area contributed by atoms with Crippen molar-refractivity contribution in [3.63, 3.8) is 0 Å². The van der Waals surface area contributed by atoms with Gasteiger partial charge in [0.1, 0.15) is 13.2 Å². The highest BCUT2D eigenvalue weighted by Gasteiger charge is 2.19. The monoisotopic (exact) mass is 991 g/mol. The maximum Gasteiger partial charge on any atom is 0.309 e. The summed E-state index contributed by atoms with van der Waals surface area (Å²) in [5.41, 5.74) is 0. The molecule has 0 aliphatic carbocycles. The third-order valence-corrected chi connectivity index (χ3v) is 11.3. The second-order valence-corrected chi connectivity index (χ2v) is 18.1. The lowest BCUT2D eigenvalue weighted by atomic mass is 10.1. The summed E-state index contributed by atoms with van der Waals surface area (Å²) in [5.74, 6) is -1.13. The summed E-state index contributed by atoms with van der Waals surface area (Å²) in [6.07, 6.45) is 85.4. The Hall–Kier alpha value is -4.97. The van der Waals surface area contributed by atoms with Gasteiger partial charge in [-0.2, -0.15) is 0 Å². The lowest BCUT2D eigenvalue weighted by Crippen LogP contribution is -2.30. The highest BCUT2D eigenvalue weighted by Crippen LogP contribution is 2.13. The number of carbonyl (C=O) groups excluding carboxylic acids is 3. The normalized spacial score (nSPS) is 13.3. The van der Waals surface area contributed by atoms with Gasteiger partial charge in [0, 0.05) is 12.8 Å². The fraction of sp³-hybridized carbons (Fsp3) is 0.561. The molecule has 0 aliphatic heterocycles. The number of carbonyl (C=O) groups is 3. The molecule has 0 amide bonds. The molecule has 0 aromatic rings. The Morgan fingerprint density at radius 2 is 0.597 bits per heavy atom. The first-order valence-electron chi connectivity index (χ1n) is 28.5. The standard InChI is InChI=1S/C66H102O6/c1-4-7-10-13-16-19-22-25-28-30-32-33-34-36-38-41-44-47-50-53-56-59-65(68)71-62-63(61-70-64(67)58-55-52-49-46-43-40-37-27-24-21-18-15-12-9-6-3)72-66(69)60-57-54-51-48-45-42-39-35-31-29-26-23-20-17-14-11-8-5-2/h7,9-10,12,16,18-21,23,25,27-29,31-33,36-38,43-44,46-47,52,55,63H,4-6,8,11,13-15,17,22,24,26,30,34-35,39-42,45,48-51,53-54,56-62H2,1-3H3/b10-7-,12-9-,19-16-,21-18-,23-20-,28-25-,31-29-,33-32-,37-27-,38-36-,46-43-,47-44-,55-52-. The van der Waals surface area contributed by atoms with Crippen LogP contribution in [0.15, 0.2) is 158 Å². The molecule has 0 N–H and O–H groups in total. The third kappa shape index (κ3) is 56.0. The second kappa shape index (κ2) is 58.6. The van der Waals surface area contributed by atoms with Crippen molar-refractivity contribution in [2.24, 2.45) is 0 Å². The number of unbranched alkanes of at least 4 members (excludes halogenated alkanes) is 13. The zero-order chi connectivity index (χ0) is 52.2. The summed E-state index contributed by atoms with van der Waals surface area (Å²) in [5, 5.41) is 0. The van der Waals surface area contributed by atoms with E-state index in [1.54, 1.807) is 6.08 Å². The van der Waals surface area contributed by atoms with E-state index < -0.39 is 12.1 Å². The summed E-state index contributed by atoms with van der Waals surface area (Å²) in [4.78, 5) is 38.1. The Morgan fingerprint density at radius 1 is 0.306 bits per heavy atom. The van der Waals surface area contributed by atoms with Gasteiger partial charge in [0.25, 0.3) is 0 Å². The quantitative estimate of drug-likeness (QED) is 0.0262. The number of allylic oxidation sites excluding steroid dienone is 25. The zero-order valence-corrected chi connectivity index (χ0v) is 45.9. The molecule has 402 valence electrons. The van der Waals surface area contributed by atoms with Gasteiger partial charge in [-0.05, 0) is 128 Å². The average molecular weight is 992 g/mol. The number of esters is 3. The van der Waals surface area contributed by atoms with Crippen LogP contribution >= 0.6 is 0 Å². The first-order valence-corrected chi connectivity index (χ1v) is 28.5. The van der Waals surface area contributed by atoms with E-state index in [9.17, 15) is 14.4 Å². The van der Waals surface area contributed by atoms with Gasteiger partial charge in [-0.3, -0.25) is 14.4 Å². The molecule has 0 aromatic carbocycles.